The molecule has 1 heterocycles. The molecule has 5 heteroatoms. The fraction of sp³-hybridized carbons (Fsp3) is 0.588. The molecule has 0 saturated carbocycles. The number of amides is 2. The zero-order valence-corrected chi connectivity index (χ0v) is 13.5. The van der Waals surface area contributed by atoms with Crippen LogP contribution >= 0.6 is 0 Å². The number of hydrogen-bond acceptors (Lipinski definition) is 2. The van der Waals surface area contributed by atoms with E-state index in [1.54, 1.807) is 12.1 Å². The number of carbonyl (C=O) groups is 1. The lowest BCUT2D eigenvalue weighted by Crippen LogP contribution is -2.50. The number of halogens is 1. The van der Waals surface area contributed by atoms with Crippen LogP contribution in [0.5, 0.6) is 5.75 Å². The second-order valence-corrected chi connectivity index (χ2v) is 6.47. The first kappa shape index (κ1) is 16.6. The van der Waals surface area contributed by atoms with E-state index in [0.29, 0.717) is 24.2 Å². The van der Waals surface area contributed by atoms with Crippen molar-refractivity contribution in [3.8, 4) is 5.75 Å². The fourth-order valence-corrected chi connectivity index (χ4v) is 2.92. The molecule has 1 aliphatic rings. The minimum Gasteiger partial charge on any atom is -0.491 e. The van der Waals surface area contributed by atoms with Gasteiger partial charge in [0.1, 0.15) is 18.2 Å². The number of ether oxygens (including phenoxy) is 1. The van der Waals surface area contributed by atoms with Gasteiger partial charge in [-0.25, -0.2) is 9.18 Å². The van der Waals surface area contributed by atoms with E-state index in [1.165, 1.54) is 18.6 Å². The van der Waals surface area contributed by atoms with E-state index in [4.69, 9.17) is 4.74 Å². The van der Waals surface area contributed by atoms with Gasteiger partial charge < -0.3 is 15.0 Å². The molecular formula is C17H25FN2O2. The van der Waals surface area contributed by atoms with Gasteiger partial charge in [-0.2, -0.15) is 0 Å². The van der Waals surface area contributed by atoms with Crippen LogP contribution in [-0.4, -0.2) is 36.7 Å². The predicted octanol–water partition coefficient (Wildman–Crippen LogP) is 3.28. The average Bonchev–Trinajstić information content (AvgIpc) is 2.45. The second-order valence-electron chi connectivity index (χ2n) is 6.47. The summed E-state index contributed by atoms with van der Waals surface area (Å²) in [7, 11) is 0. The van der Waals surface area contributed by atoms with Crippen molar-refractivity contribution in [3.05, 3.63) is 30.1 Å². The summed E-state index contributed by atoms with van der Waals surface area (Å²) in [5.74, 6) is 1.39. The molecule has 1 saturated heterocycles. The summed E-state index contributed by atoms with van der Waals surface area (Å²) in [6.45, 7) is 8.23. The summed E-state index contributed by atoms with van der Waals surface area (Å²) in [5.41, 5.74) is 0. The van der Waals surface area contributed by atoms with Crippen molar-refractivity contribution < 1.29 is 13.9 Å². The van der Waals surface area contributed by atoms with Crippen molar-refractivity contribution in [2.24, 2.45) is 11.8 Å². The SMILES string of the molecule is CC1CC(C)CN(C(=O)NC(C)COc2ccc(F)cc2)C1. The fourth-order valence-electron chi connectivity index (χ4n) is 2.92. The molecule has 2 rings (SSSR count). The molecule has 1 N–H and O–H groups in total. The Labute approximate surface area is 131 Å². The Morgan fingerprint density at radius 3 is 2.50 bits per heavy atom. The molecule has 0 radical (unpaired) electrons. The highest BCUT2D eigenvalue weighted by Gasteiger charge is 2.25. The molecule has 4 nitrogen and oxygen atoms in total. The van der Waals surface area contributed by atoms with Gasteiger partial charge in [-0.05, 0) is 49.4 Å². The van der Waals surface area contributed by atoms with Gasteiger partial charge in [0.15, 0.2) is 0 Å². The molecule has 1 aromatic carbocycles. The molecule has 1 fully saturated rings. The molecule has 1 aromatic rings. The van der Waals surface area contributed by atoms with Crippen molar-refractivity contribution >= 4 is 6.03 Å². The van der Waals surface area contributed by atoms with Crippen LogP contribution in [0.1, 0.15) is 27.2 Å². The quantitative estimate of drug-likeness (QED) is 0.927. The Morgan fingerprint density at radius 1 is 1.32 bits per heavy atom. The molecule has 122 valence electrons. The number of urea groups is 1. The van der Waals surface area contributed by atoms with E-state index in [0.717, 1.165) is 13.1 Å². The van der Waals surface area contributed by atoms with Gasteiger partial charge in [0.05, 0.1) is 6.04 Å². The standard InChI is InChI=1S/C17H25FN2O2/c1-12-8-13(2)10-20(9-12)17(21)19-14(3)11-22-16-6-4-15(18)5-7-16/h4-7,12-14H,8-11H2,1-3H3,(H,19,21). The van der Waals surface area contributed by atoms with Crippen LogP contribution in [0, 0.1) is 17.7 Å². The topological polar surface area (TPSA) is 41.6 Å². The van der Waals surface area contributed by atoms with Gasteiger partial charge in [-0.15, -0.1) is 0 Å². The van der Waals surface area contributed by atoms with E-state index in [9.17, 15) is 9.18 Å². The molecule has 0 aromatic heterocycles. The van der Waals surface area contributed by atoms with Crippen LogP contribution < -0.4 is 10.1 Å². The Kier molecular flexibility index (Phi) is 5.63. The van der Waals surface area contributed by atoms with Crippen molar-refractivity contribution in [1.82, 2.24) is 10.2 Å². The Balaban J connectivity index is 1.77. The maximum absolute atomic E-state index is 12.8. The number of nitrogens with zero attached hydrogens (tertiary/aromatic N) is 1. The lowest BCUT2D eigenvalue weighted by atomic mass is 9.92. The van der Waals surface area contributed by atoms with Crippen molar-refractivity contribution in [2.45, 2.75) is 33.2 Å². The lowest BCUT2D eigenvalue weighted by Gasteiger charge is -2.35. The van der Waals surface area contributed by atoms with E-state index >= 15 is 0 Å². The van der Waals surface area contributed by atoms with Crippen LogP contribution in [0.25, 0.3) is 0 Å². The Bertz CT molecular complexity index is 482. The van der Waals surface area contributed by atoms with Crippen LogP contribution in [0.4, 0.5) is 9.18 Å². The molecule has 0 spiro atoms. The maximum atomic E-state index is 12.8. The summed E-state index contributed by atoms with van der Waals surface area (Å²) >= 11 is 0. The van der Waals surface area contributed by atoms with Gasteiger partial charge in [0.25, 0.3) is 0 Å². The Morgan fingerprint density at radius 2 is 1.91 bits per heavy atom. The minimum absolute atomic E-state index is 0.0337. The molecule has 0 aliphatic carbocycles. The Hall–Kier alpha value is -1.78. The van der Waals surface area contributed by atoms with Crippen molar-refractivity contribution in [1.29, 1.82) is 0 Å². The molecule has 0 bridgehead atoms. The molecule has 22 heavy (non-hydrogen) atoms. The zero-order valence-electron chi connectivity index (χ0n) is 13.5. The van der Waals surface area contributed by atoms with Crippen LogP contribution in [0.2, 0.25) is 0 Å². The summed E-state index contributed by atoms with van der Waals surface area (Å²) in [6, 6.07) is 5.73. The molecule has 3 unspecified atom stereocenters. The smallest absolute Gasteiger partial charge is 0.317 e. The lowest BCUT2D eigenvalue weighted by molar-refractivity contribution is 0.141. The van der Waals surface area contributed by atoms with Gasteiger partial charge >= 0.3 is 6.03 Å². The van der Waals surface area contributed by atoms with Crippen molar-refractivity contribution in [3.63, 3.8) is 0 Å². The highest BCUT2D eigenvalue weighted by Crippen LogP contribution is 2.20. The number of piperidine rings is 1. The van der Waals surface area contributed by atoms with Crippen LogP contribution in [0.3, 0.4) is 0 Å². The third-order valence-electron chi connectivity index (χ3n) is 3.84. The van der Waals surface area contributed by atoms with E-state index in [2.05, 4.69) is 19.2 Å². The third-order valence-corrected chi connectivity index (χ3v) is 3.84. The van der Waals surface area contributed by atoms with E-state index in [-0.39, 0.29) is 17.9 Å². The molecule has 3 atom stereocenters. The summed E-state index contributed by atoms with van der Waals surface area (Å²) in [4.78, 5) is 14.1. The average molecular weight is 308 g/mol. The summed E-state index contributed by atoms with van der Waals surface area (Å²) < 4.78 is 18.4. The number of rotatable bonds is 4. The highest BCUT2D eigenvalue weighted by molar-refractivity contribution is 5.74. The monoisotopic (exact) mass is 308 g/mol. The summed E-state index contributed by atoms with van der Waals surface area (Å²) in [6.07, 6.45) is 1.17. The first-order chi connectivity index (χ1) is 10.4. The predicted molar refractivity (Wildman–Crippen MR) is 84.4 cm³/mol. The molecular weight excluding hydrogens is 283 g/mol. The van der Waals surface area contributed by atoms with Crippen LogP contribution in [0.15, 0.2) is 24.3 Å². The van der Waals surface area contributed by atoms with Gasteiger partial charge in [0.2, 0.25) is 0 Å². The molecule has 2 amide bonds. The first-order valence-electron chi connectivity index (χ1n) is 7.88. The molecule has 1 aliphatic heterocycles. The van der Waals surface area contributed by atoms with E-state index < -0.39 is 0 Å². The van der Waals surface area contributed by atoms with Gasteiger partial charge in [-0.1, -0.05) is 13.8 Å². The number of hydrogen-bond donors (Lipinski definition) is 1. The number of carbonyl (C=O) groups excluding carboxylic acids is 1. The maximum Gasteiger partial charge on any atom is 0.317 e. The van der Waals surface area contributed by atoms with E-state index in [1.807, 2.05) is 11.8 Å². The van der Waals surface area contributed by atoms with Crippen molar-refractivity contribution in [2.75, 3.05) is 19.7 Å². The first-order valence-corrected chi connectivity index (χ1v) is 7.88. The number of likely N-dealkylation sites (tertiary alicyclic amines) is 1. The summed E-state index contributed by atoms with van der Waals surface area (Å²) in [5, 5.41) is 2.96. The third kappa shape index (κ3) is 4.90. The highest BCUT2D eigenvalue weighted by atomic mass is 19.1. The van der Waals surface area contributed by atoms with Crippen LogP contribution in [-0.2, 0) is 0 Å². The van der Waals surface area contributed by atoms with Gasteiger partial charge in [-0.3, -0.25) is 0 Å². The van der Waals surface area contributed by atoms with Gasteiger partial charge in [0, 0.05) is 13.1 Å². The normalized spacial score (nSPS) is 23.0. The zero-order chi connectivity index (χ0) is 16.1. The minimum atomic E-state index is -0.290. The number of nitrogens with one attached hydrogen (secondary N) is 1. The second kappa shape index (κ2) is 7.47. The largest absolute Gasteiger partial charge is 0.491 e. The number of benzene rings is 1.